The van der Waals surface area contributed by atoms with Crippen LogP contribution >= 0.6 is 0 Å². The van der Waals surface area contributed by atoms with E-state index in [-0.39, 0.29) is 23.7 Å². The highest BCUT2D eigenvalue weighted by Gasteiger charge is 2.29. The van der Waals surface area contributed by atoms with Gasteiger partial charge in [0.15, 0.2) is 0 Å². The van der Waals surface area contributed by atoms with E-state index in [0.717, 1.165) is 28.9 Å². The number of nitrogens with one attached hydrogen (secondary N) is 1. The largest absolute Gasteiger partial charge is 0.616 e. The van der Waals surface area contributed by atoms with Crippen LogP contribution in [0.1, 0.15) is 29.7 Å². The third-order valence-corrected chi connectivity index (χ3v) is 7.22. The van der Waals surface area contributed by atoms with Crippen LogP contribution in [-0.4, -0.2) is 44.9 Å². The number of amides is 1. The van der Waals surface area contributed by atoms with E-state index in [1.165, 1.54) is 6.07 Å². The molecule has 1 aromatic carbocycles. The number of benzene rings is 1. The summed E-state index contributed by atoms with van der Waals surface area (Å²) in [6, 6.07) is 9.31. The number of rotatable bonds is 5. The van der Waals surface area contributed by atoms with Crippen LogP contribution in [0.4, 0.5) is 10.1 Å². The Morgan fingerprint density at radius 1 is 1.28 bits per heavy atom. The molecule has 5 nitrogen and oxygen atoms in total. The van der Waals surface area contributed by atoms with Gasteiger partial charge in [0.25, 0.3) is 0 Å². The molecule has 1 fully saturated rings. The third kappa shape index (κ3) is 4.73. The molecule has 1 amide bonds. The number of pyridine rings is 1. The minimum Gasteiger partial charge on any atom is -0.616 e. The maximum Gasteiger partial charge on any atom is 0.226 e. The van der Waals surface area contributed by atoms with Crippen molar-refractivity contribution in [3.05, 3.63) is 59.2 Å². The first kappa shape index (κ1) is 20.2. The van der Waals surface area contributed by atoms with E-state index in [4.69, 9.17) is 0 Å². The summed E-state index contributed by atoms with van der Waals surface area (Å²) in [5, 5.41) is 3.44. The first-order valence-electron chi connectivity index (χ1n) is 10.1. The molecule has 1 saturated heterocycles. The molecule has 0 spiro atoms. The minimum absolute atomic E-state index is 0.0250. The van der Waals surface area contributed by atoms with Crippen molar-refractivity contribution in [3.63, 3.8) is 0 Å². The molecule has 1 unspecified atom stereocenters. The molecular formula is C22H26FN3O2S. The fourth-order valence-corrected chi connectivity index (χ4v) is 5.52. The Hall–Kier alpha value is -2.12. The number of carbonyl (C=O) groups excluding carboxylic acids is 1. The Labute approximate surface area is 173 Å². The van der Waals surface area contributed by atoms with Gasteiger partial charge in [0.1, 0.15) is 17.3 Å². The summed E-state index contributed by atoms with van der Waals surface area (Å²) >= 11 is -0.759. The lowest BCUT2D eigenvalue weighted by Crippen LogP contribution is -2.37. The smallest absolute Gasteiger partial charge is 0.226 e. The maximum absolute atomic E-state index is 13.9. The summed E-state index contributed by atoms with van der Waals surface area (Å²) in [6.45, 7) is 0.457. The van der Waals surface area contributed by atoms with Crippen LogP contribution in [0.15, 0.2) is 36.5 Å². The van der Waals surface area contributed by atoms with Crippen molar-refractivity contribution in [2.24, 2.45) is 5.92 Å². The lowest BCUT2D eigenvalue weighted by atomic mass is 10.0. The Bertz CT molecular complexity index is 869. The number of hydrogen-bond acceptors (Lipinski definition) is 4. The van der Waals surface area contributed by atoms with Crippen LogP contribution in [-0.2, 0) is 35.4 Å². The van der Waals surface area contributed by atoms with Crippen molar-refractivity contribution < 1.29 is 13.7 Å². The molecule has 4 rings (SSSR count). The van der Waals surface area contributed by atoms with E-state index in [1.54, 1.807) is 24.2 Å². The molecule has 1 aliphatic carbocycles. The molecule has 29 heavy (non-hydrogen) atoms. The molecule has 2 aliphatic rings. The van der Waals surface area contributed by atoms with E-state index < -0.39 is 11.2 Å². The molecular weight excluding hydrogens is 389 g/mol. The number of carbonyl (C=O) groups is 1. The number of hydrogen-bond donors (Lipinski definition) is 1. The molecule has 7 heteroatoms. The van der Waals surface area contributed by atoms with Gasteiger partial charge in [0, 0.05) is 31.8 Å². The molecule has 2 heterocycles. The summed E-state index contributed by atoms with van der Waals surface area (Å²) in [6.07, 6.45) is 4.66. The third-order valence-electron chi connectivity index (χ3n) is 5.84. The Balaban J connectivity index is 1.30. The number of fused-ring (bicyclic) bond motifs is 1. The second kappa shape index (κ2) is 8.71. The molecule has 0 bridgehead atoms. The maximum atomic E-state index is 13.9. The van der Waals surface area contributed by atoms with Gasteiger partial charge < -0.3 is 14.8 Å². The van der Waals surface area contributed by atoms with E-state index in [1.807, 2.05) is 18.2 Å². The molecule has 1 aliphatic heterocycles. The molecule has 154 valence electrons. The van der Waals surface area contributed by atoms with Crippen molar-refractivity contribution in [2.45, 2.75) is 38.3 Å². The summed E-state index contributed by atoms with van der Waals surface area (Å²) in [7, 11) is 1.80. The number of nitrogens with zero attached hydrogens (tertiary/aromatic N) is 2. The summed E-state index contributed by atoms with van der Waals surface area (Å²) in [5.74, 6) is 1.20. The highest BCUT2D eigenvalue weighted by atomic mass is 32.2. The molecule has 2 aromatic rings. The minimum atomic E-state index is -0.759. The predicted octanol–water partition coefficient (Wildman–Crippen LogP) is 2.92. The SMILES string of the molecule is CN(Cc1ccc(NC2Cc3cccc(F)c3C2)cn1)C(=O)C1CC[S+]([O-])CC1. The first-order chi connectivity index (χ1) is 14.0. The van der Waals surface area contributed by atoms with Crippen LogP contribution in [0.3, 0.4) is 0 Å². The van der Waals surface area contributed by atoms with Crippen LogP contribution in [0.5, 0.6) is 0 Å². The first-order valence-corrected chi connectivity index (χ1v) is 11.6. The Morgan fingerprint density at radius 2 is 2.07 bits per heavy atom. The van der Waals surface area contributed by atoms with Crippen molar-refractivity contribution in [1.29, 1.82) is 0 Å². The van der Waals surface area contributed by atoms with Gasteiger partial charge in [-0.05, 0) is 42.2 Å². The number of anilines is 1. The second-order valence-corrected chi connectivity index (χ2v) is 9.68. The zero-order chi connectivity index (χ0) is 20.4. The van der Waals surface area contributed by atoms with Gasteiger partial charge in [-0.1, -0.05) is 23.3 Å². The van der Waals surface area contributed by atoms with Gasteiger partial charge in [-0.3, -0.25) is 9.78 Å². The van der Waals surface area contributed by atoms with Gasteiger partial charge in [0.2, 0.25) is 5.91 Å². The Kier molecular flexibility index (Phi) is 6.06. The van der Waals surface area contributed by atoms with E-state index in [2.05, 4.69) is 10.3 Å². The summed E-state index contributed by atoms with van der Waals surface area (Å²) in [5.41, 5.74) is 3.60. The van der Waals surface area contributed by atoms with Crippen LogP contribution in [0.25, 0.3) is 0 Å². The molecule has 1 atom stereocenters. The van der Waals surface area contributed by atoms with Crippen molar-refractivity contribution in [3.8, 4) is 0 Å². The molecule has 0 radical (unpaired) electrons. The average Bonchev–Trinajstić information content (AvgIpc) is 3.13. The second-order valence-electron chi connectivity index (χ2n) is 7.98. The molecule has 1 N–H and O–H groups in total. The quantitative estimate of drug-likeness (QED) is 0.763. The number of halogens is 1. The van der Waals surface area contributed by atoms with Crippen molar-refractivity contribution >= 4 is 22.8 Å². The lowest BCUT2D eigenvalue weighted by Gasteiger charge is -2.27. The average molecular weight is 416 g/mol. The topological polar surface area (TPSA) is 68.3 Å². The van der Waals surface area contributed by atoms with Crippen molar-refractivity contribution in [2.75, 3.05) is 23.9 Å². The zero-order valence-electron chi connectivity index (χ0n) is 16.6. The Morgan fingerprint density at radius 3 is 2.76 bits per heavy atom. The van der Waals surface area contributed by atoms with Gasteiger partial charge in [-0.15, -0.1) is 0 Å². The van der Waals surface area contributed by atoms with E-state index in [0.29, 0.717) is 37.3 Å². The normalized spacial score (nSPS) is 23.5. The fraction of sp³-hybridized carbons (Fsp3) is 0.455. The number of aromatic nitrogens is 1. The van der Waals surface area contributed by atoms with Crippen LogP contribution in [0, 0.1) is 11.7 Å². The van der Waals surface area contributed by atoms with E-state index in [9.17, 15) is 13.7 Å². The van der Waals surface area contributed by atoms with Gasteiger partial charge in [0.05, 0.1) is 24.1 Å². The highest BCUT2D eigenvalue weighted by Crippen LogP contribution is 2.27. The zero-order valence-corrected chi connectivity index (χ0v) is 17.4. The standard InChI is InChI=1S/C22H26FN3O2S/c1-26(22(27)15-7-9-29(28)10-8-15)14-18-6-5-17(13-24-18)25-19-11-16-3-2-4-21(23)20(16)12-19/h2-6,13,15,19,25H,7-12,14H2,1H3. The summed E-state index contributed by atoms with van der Waals surface area (Å²) in [4.78, 5) is 18.8. The van der Waals surface area contributed by atoms with E-state index >= 15 is 0 Å². The summed E-state index contributed by atoms with van der Waals surface area (Å²) < 4.78 is 25.4. The van der Waals surface area contributed by atoms with Gasteiger partial charge in [-0.25, -0.2) is 4.39 Å². The molecule has 0 saturated carbocycles. The monoisotopic (exact) mass is 415 g/mol. The predicted molar refractivity (Wildman–Crippen MR) is 113 cm³/mol. The van der Waals surface area contributed by atoms with Crippen LogP contribution in [0.2, 0.25) is 0 Å². The van der Waals surface area contributed by atoms with Crippen molar-refractivity contribution in [1.82, 2.24) is 9.88 Å². The highest BCUT2D eigenvalue weighted by molar-refractivity contribution is 7.91. The lowest BCUT2D eigenvalue weighted by molar-refractivity contribution is -0.135. The van der Waals surface area contributed by atoms with Gasteiger partial charge in [-0.2, -0.15) is 0 Å². The molecule has 1 aromatic heterocycles. The fourth-order valence-electron chi connectivity index (χ4n) is 4.22. The van der Waals surface area contributed by atoms with Gasteiger partial charge >= 0.3 is 0 Å². The van der Waals surface area contributed by atoms with Crippen LogP contribution < -0.4 is 5.32 Å².